The van der Waals surface area contributed by atoms with Crippen LogP contribution in [0.2, 0.25) is 0 Å². The molecule has 0 aliphatic heterocycles. The molecule has 0 fully saturated rings. The molecule has 0 nitrogen and oxygen atoms in total. The summed E-state index contributed by atoms with van der Waals surface area (Å²) in [4.78, 5) is 0. The standard InChI is InChI=1S/C4H3F5S/c1-2-10-4(8,9)3(5,6)7/h2H,1H2. The second-order valence-corrected chi connectivity index (χ2v) is 2.38. The van der Waals surface area contributed by atoms with E-state index in [4.69, 9.17) is 0 Å². The molecule has 6 heteroatoms. The first-order valence-electron chi connectivity index (χ1n) is 2.04. The molecule has 0 aliphatic carbocycles. The lowest BCUT2D eigenvalue weighted by atomic mass is 10.7. The predicted octanol–water partition coefficient (Wildman–Crippen LogP) is 3.02. The van der Waals surface area contributed by atoms with Gasteiger partial charge in [0.1, 0.15) is 0 Å². The van der Waals surface area contributed by atoms with Crippen molar-refractivity contribution in [3.63, 3.8) is 0 Å². The van der Waals surface area contributed by atoms with Gasteiger partial charge >= 0.3 is 11.4 Å². The van der Waals surface area contributed by atoms with Crippen LogP contribution in [-0.4, -0.2) is 11.4 Å². The van der Waals surface area contributed by atoms with Gasteiger partial charge in [-0.2, -0.15) is 22.0 Å². The monoisotopic (exact) mass is 178 g/mol. The topological polar surface area (TPSA) is 0 Å². The molecule has 0 aliphatic rings. The van der Waals surface area contributed by atoms with Crippen LogP contribution in [0.5, 0.6) is 0 Å². The third-order valence-electron chi connectivity index (χ3n) is 0.561. The Morgan fingerprint density at radius 3 is 1.60 bits per heavy atom. The Morgan fingerprint density at radius 2 is 1.50 bits per heavy atom. The molecule has 0 amide bonds. The Labute approximate surface area is 58.1 Å². The molecule has 0 rings (SSSR count). The van der Waals surface area contributed by atoms with E-state index < -0.39 is 23.2 Å². The number of thioether (sulfide) groups is 1. The summed E-state index contributed by atoms with van der Waals surface area (Å²) in [6.45, 7) is 2.74. The highest BCUT2D eigenvalue weighted by Crippen LogP contribution is 2.44. The minimum Gasteiger partial charge on any atom is -0.183 e. The molecule has 0 bridgehead atoms. The Kier molecular flexibility index (Phi) is 2.70. The molecular weight excluding hydrogens is 175 g/mol. The van der Waals surface area contributed by atoms with Gasteiger partial charge in [-0.05, 0) is 5.41 Å². The normalized spacial score (nSPS) is 13.3. The second-order valence-electron chi connectivity index (χ2n) is 1.30. The highest BCUT2D eigenvalue weighted by Gasteiger charge is 2.57. The van der Waals surface area contributed by atoms with Gasteiger partial charge in [-0.25, -0.2) is 0 Å². The van der Waals surface area contributed by atoms with Crippen LogP contribution in [0.25, 0.3) is 0 Å². The Bertz CT molecular complexity index is 126. The van der Waals surface area contributed by atoms with Crippen molar-refractivity contribution in [3.05, 3.63) is 12.0 Å². The summed E-state index contributed by atoms with van der Waals surface area (Å²) >= 11 is -0.654. The van der Waals surface area contributed by atoms with Crippen LogP contribution in [0, 0.1) is 0 Å². The van der Waals surface area contributed by atoms with E-state index in [0.29, 0.717) is 5.41 Å². The van der Waals surface area contributed by atoms with Crippen LogP contribution < -0.4 is 0 Å². The van der Waals surface area contributed by atoms with Crippen molar-refractivity contribution in [3.8, 4) is 0 Å². The van der Waals surface area contributed by atoms with E-state index in [-0.39, 0.29) is 0 Å². The minimum absolute atomic E-state index is 0.452. The lowest BCUT2D eigenvalue weighted by molar-refractivity contribution is -0.237. The van der Waals surface area contributed by atoms with Crippen LogP contribution in [0.3, 0.4) is 0 Å². The van der Waals surface area contributed by atoms with Gasteiger partial charge < -0.3 is 0 Å². The van der Waals surface area contributed by atoms with Crippen molar-refractivity contribution >= 4 is 11.8 Å². The van der Waals surface area contributed by atoms with Crippen LogP contribution in [0.4, 0.5) is 22.0 Å². The molecule has 0 aromatic carbocycles. The first kappa shape index (κ1) is 9.74. The van der Waals surface area contributed by atoms with E-state index in [9.17, 15) is 22.0 Å². The maximum atomic E-state index is 11.7. The van der Waals surface area contributed by atoms with Gasteiger partial charge in [-0.15, -0.1) is 0 Å². The van der Waals surface area contributed by atoms with Crippen molar-refractivity contribution in [1.29, 1.82) is 0 Å². The molecule has 10 heavy (non-hydrogen) atoms. The van der Waals surface area contributed by atoms with Gasteiger partial charge in [0.25, 0.3) is 0 Å². The van der Waals surface area contributed by atoms with Gasteiger partial charge in [-0.1, -0.05) is 18.3 Å². The van der Waals surface area contributed by atoms with Crippen LogP contribution >= 0.6 is 11.8 Å². The maximum absolute atomic E-state index is 11.7. The van der Waals surface area contributed by atoms with Crippen molar-refractivity contribution in [2.75, 3.05) is 0 Å². The van der Waals surface area contributed by atoms with E-state index in [2.05, 4.69) is 6.58 Å². The molecular formula is C4H3F5S. The molecule has 0 heterocycles. The fourth-order valence-electron chi connectivity index (χ4n) is 0.171. The van der Waals surface area contributed by atoms with Gasteiger partial charge in [0.05, 0.1) is 0 Å². The fourth-order valence-corrected chi connectivity index (χ4v) is 0.514. The smallest absolute Gasteiger partial charge is 0.183 e. The summed E-state index contributed by atoms with van der Waals surface area (Å²) in [5.74, 6) is 0. The molecule has 60 valence electrons. The van der Waals surface area contributed by atoms with Crippen molar-refractivity contribution in [2.24, 2.45) is 0 Å². The summed E-state index contributed by atoms with van der Waals surface area (Å²) in [6.07, 6.45) is -5.49. The average Bonchev–Trinajstić information content (AvgIpc) is 1.61. The average molecular weight is 178 g/mol. The van der Waals surface area contributed by atoms with Crippen molar-refractivity contribution in [2.45, 2.75) is 11.4 Å². The summed E-state index contributed by atoms with van der Waals surface area (Å²) in [5, 5.41) is -4.26. The van der Waals surface area contributed by atoms with E-state index >= 15 is 0 Å². The van der Waals surface area contributed by atoms with Crippen molar-refractivity contribution in [1.82, 2.24) is 0 Å². The zero-order valence-corrected chi connectivity index (χ0v) is 5.40. The van der Waals surface area contributed by atoms with Gasteiger partial charge in [0.15, 0.2) is 0 Å². The third-order valence-corrected chi connectivity index (χ3v) is 1.26. The summed E-state index contributed by atoms with van der Waals surface area (Å²) in [6, 6.07) is 0. The van der Waals surface area contributed by atoms with Crippen LogP contribution in [0.1, 0.15) is 0 Å². The second kappa shape index (κ2) is 2.77. The summed E-state index contributed by atoms with van der Waals surface area (Å²) in [5.41, 5.74) is 0. The zero-order chi connectivity index (χ0) is 8.41. The molecule has 0 spiro atoms. The molecule has 0 saturated carbocycles. The van der Waals surface area contributed by atoms with Crippen molar-refractivity contribution < 1.29 is 22.0 Å². The van der Waals surface area contributed by atoms with E-state index in [0.717, 1.165) is 0 Å². The van der Waals surface area contributed by atoms with Crippen LogP contribution in [-0.2, 0) is 0 Å². The molecule has 0 N–H and O–H groups in total. The van der Waals surface area contributed by atoms with E-state index in [1.165, 1.54) is 0 Å². The molecule has 0 unspecified atom stereocenters. The first-order chi connectivity index (χ1) is 4.31. The number of hydrogen-bond acceptors (Lipinski definition) is 1. The van der Waals surface area contributed by atoms with Gasteiger partial charge in [-0.3, -0.25) is 0 Å². The lowest BCUT2D eigenvalue weighted by Gasteiger charge is -2.15. The maximum Gasteiger partial charge on any atom is 0.464 e. The Morgan fingerprint density at radius 1 is 1.10 bits per heavy atom. The predicted molar refractivity (Wildman–Crippen MR) is 28.8 cm³/mol. The van der Waals surface area contributed by atoms with Gasteiger partial charge in [0.2, 0.25) is 0 Å². The third kappa shape index (κ3) is 2.17. The van der Waals surface area contributed by atoms with Gasteiger partial charge in [0, 0.05) is 0 Å². The highest BCUT2D eigenvalue weighted by molar-refractivity contribution is 8.03. The Balaban J connectivity index is 4.23. The van der Waals surface area contributed by atoms with Crippen LogP contribution in [0.15, 0.2) is 12.0 Å². The molecule has 0 aromatic rings. The molecule has 0 saturated heterocycles. The first-order valence-corrected chi connectivity index (χ1v) is 2.92. The number of rotatable bonds is 2. The van der Waals surface area contributed by atoms with E-state index in [1.807, 2.05) is 0 Å². The Hall–Kier alpha value is -0.260. The molecule has 0 atom stereocenters. The molecule has 0 radical (unpaired) electrons. The zero-order valence-electron chi connectivity index (χ0n) is 4.58. The number of alkyl halides is 5. The lowest BCUT2D eigenvalue weighted by Crippen LogP contribution is -2.32. The largest absolute Gasteiger partial charge is 0.464 e. The number of halogens is 5. The highest BCUT2D eigenvalue weighted by atomic mass is 32.2. The number of hydrogen-bond donors (Lipinski definition) is 0. The summed E-state index contributed by atoms with van der Waals surface area (Å²) < 4.78 is 57.0. The quantitative estimate of drug-likeness (QED) is 0.585. The molecule has 0 aromatic heterocycles. The SMILES string of the molecule is C=CSC(F)(F)C(F)(F)F. The summed E-state index contributed by atoms with van der Waals surface area (Å²) in [7, 11) is 0. The minimum atomic E-state index is -5.49. The fraction of sp³-hybridized carbons (Fsp3) is 0.500. The van der Waals surface area contributed by atoms with E-state index in [1.54, 1.807) is 0 Å².